The Morgan fingerprint density at radius 2 is 1.90 bits per heavy atom. The van der Waals surface area contributed by atoms with Gasteiger partial charge in [0.2, 0.25) is 0 Å². The van der Waals surface area contributed by atoms with Gasteiger partial charge in [0.1, 0.15) is 4.99 Å². The number of aryl methyl sites for hydroxylation is 1. The zero-order chi connectivity index (χ0) is 21.5. The monoisotopic (exact) mass is 428 g/mol. The van der Waals surface area contributed by atoms with Crippen LogP contribution in [0, 0.1) is 13.8 Å². The maximum atomic E-state index is 12.4. The molecular formula is C23H28N2O4S. The highest BCUT2D eigenvalue weighted by Crippen LogP contribution is 2.29. The molecule has 1 N–H and O–H groups in total. The molecule has 0 aromatic heterocycles. The molecule has 6 nitrogen and oxygen atoms in total. The lowest BCUT2D eigenvalue weighted by Crippen LogP contribution is -2.40. The molecule has 0 unspecified atom stereocenters. The van der Waals surface area contributed by atoms with Crippen molar-refractivity contribution < 1.29 is 19.0 Å². The number of anilines is 1. The highest BCUT2D eigenvalue weighted by molar-refractivity contribution is 7.80. The number of rotatable bonds is 7. The quantitative estimate of drug-likeness (QED) is 0.678. The summed E-state index contributed by atoms with van der Waals surface area (Å²) in [5.41, 5.74) is 3.85. The molecule has 0 spiro atoms. The van der Waals surface area contributed by atoms with Gasteiger partial charge in [-0.3, -0.25) is 4.79 Å². The van der Waals surface area contributed by atoms with Gasteiger partial charge >= 0.3 is 0 Å². The molecule has 0 bridgehead atoms. The van der Waals surface area contributed by atoms with Crippen molar-refractivity contribution >= 4 is 28.8 Å². The van der Waals surface area contributed by atoms with Gasteiger partial charge < -0.3 is 24.4 Å². The Bertz CT molecular complexity index is 910. The Balaban J connectivity index is 1.66. The van der Waals surface area contributed by atoms with Crippen LogP contribution in [0.5, 0.6) is 11.5 Å². The van der Waals surface area contributed by atoms with E-state index < -0.39 is 0 Å². The Morgan fingerprint density at radius 1 is 1.13 bits per heavy atom. The van der Waals surface area contributed by atoms with E-state index >= 15 is 0 Å². The molecule has 160 valence electrons. The second-order valence-electron chi connectivity index (χ2n) is 7.08. The van der Waals surface area contributed by atoms with Crippen LogP contribution >= 0.6 is 12.2 Å². The number of ether oxygens (including phenoxy) is 3. The third-order valence-corrected chi connectivity index (χ3v) is 5.52. The number of hydrogen-bond acceptors (Lipinski definition) is 5. The van der Waals surface area contributed by atoms with Crippen molar-refractivity contribution in [3.05, 3.63) is 53.1 Å². The minimum atomic E-state index is -0.223. The highest BCUT2D eigenvalue weighted by Gasteiger charge is 2.17. The number of carbonyl (C=O) groups excluding carboxylic acids is 1. The van der Waals surface area contributed by atoms with Crippen LogP contribution in [0.4, 0.5) is 5.69 Å². The predicted octanol–water partition coefficient (Wildman–Crippen LogP) is 3.73. The van der Waals surface area contributed by atoms with Crippen molar-refractivity contribution in [1.29, 1.82) is 0 Å². The standard InChI is InChI=1S/C23H28N2O4S/c1-4-28-21-14-18(23(30)25-10-12-27-13-11-25)8-9-20(21)29-15-22(26)24-19-7-5-6-16(2)17(19)3/h5-9,14H,4,10-13,15H2,1-3H3,(H,24,26). The molecule has 1 saturated heterocycles. The maximum absolute atomic E-state index is 12.4. The van der Waals surface area contributed by atoms with Crippen LogP contribution in [0.3, 0.4) is 0 Å². The van der Waals surface area contributed by atoms with Crippen molar-refractivity contribution in [1.82, 2.24) is 4.90 Å². The summed E-state index contributed by atoms with van der Waals surface area (Å²) in [4.78, 5) is 15.3. The number of hydrogen-bond donors (Lipinski definition) is 1. The van der Waals surface area contributed by atoms with Gasteiger partial charge in [-0.1, -0.05) is 24.4 Å². The number of benzene rings is 2. The molecule has 1 aliphatic heterocycles. The lowest BCUT2D eigenvalue weighted by molar-refractivity contribution is -0.118. The summed E-state index contributed by atoms with van der Waals surface area (Å²) in [5.74, 6) is 0.866. The zero-order valence-corrected chi connectivity index (χ0v) is 18.5. The predicted molar refractivity (Wildman–Crippen MR) is 122 cm³/mol. The van der Waals surface area contributed by atoms with E-state index in [1.807, 2.05) is 51.1 Å². The summed E-state index contributed by atoms with van der Waals surface area (Å²) >= 11 is 5.64. The zero-order valence-electron chi connectivity index (χ0n) is 17.7. The maximum Gasteiger partial charge on any atom is 0.262 e. The lowest BCUT2D eigenvalue weighted by Gasteiger charge is -2.29. The summed E-state index contributed by atoms with van der Waals surface area (Å²) < 4.78 is 16.9. The van der Waals surface area contributed by atoms with Gasteiger partial charge in [-0.2, -0.15) is 0 Å². The topological polar surface area (TPSA) is 60.0 Å². The number of carbonyl (C=O) groups is 1. The van der Waals surface area contributed by atoms with E-state index in [9.17, 15) is 4.79 Å². The summed E-state index contributed by atoms with van der Waals surface area (Å²) in [5, 5.41) is 2.90. The fourth-order valence-electron chi connectivity index (χ4n) is 3.19. The first-order valence-corrected chi connectivity index (χ1v) is 10.5. The molecule has 2 aromatic carbocycles. The van der Waals surface area contributed by atoms with Gasteiger partial charge in [-0.25, -0.2) is 0 Å². The van der Waals surface area contributed by atoms with Crippen LogP contribution in [-0.2, 0) is 9.53 Å². The third kappa shape index (κ3) is 5.49. The van der Waals surface area contributed by atoms with Gasteiger partial charge in [0.25, 0.3) is 5.91 Å². The second-order valence-corrected chi connectivity index (χ2v) is 7.47. The van der Waals surface area contributed by atoms with E-state index in [4.69, 9.17) is 26.4 Å². The molecule has 0 aliphatic carbocycles. The highest BCUT2D eigenvalue weighted by atomic mass is 32.1. The van der Waals surface area contributed by atoms with Crippen molar-refractivity contribution in [3.8, 4) is 11.5 Å². The van der Waals surface area contributed by atoms with Gasteiger partial charge in [-0.15, -0.1) is 0 Å². The van der Waals surface area contributed by atoms with E-state index in [1.165, 1.54) is 0 Å². The van der Waals surface area contributed by atoms with Crippen LogP contribution < -0.4 is 14.8 Å². The van der Waals surface area contributed by atoms with E-state index in [0.29, 0.717) is 31.3 Å². The molecule has 1 heterocycles. The minimum Gasteiger partial charge on any atom is -0.490 e. The number of nitrogens with zero attached hydrogens (tertiary/aromatic N) is 1. The smallest absolute Gasteiger partial charge is 0.262 e. The average molecular weight is 429 g/mol. The van der Waals surface area contributed by atoms with Crippen molar-refractivity contribution in [2.75, 3.05) is 44.8 Å². The van der Waals surface area contributed by atoms with Gasteiger partial charge in [0.05, 0.1) is 19.8 Å². The Labute approximate surface area is 183 Å². The first-order chi connectivity index (χ1) is 14.5. The van der Waals surface area contributed by atoms with E-state index in [1.54, 1.807) is 6.07 Å². The van der Waals surface area contributed by atoms with Crippen LogP contribution in [-0.4, -0.2) is 55.3 Å². The Kier molecular flexibility index (Phi) is 7.65. The van der Waals surface area contributed by atoms with Gasteiger partial charge in [-0.05, 0) is 56.2 Å². The molecule has 0 radical (unpaired) electrons. The van der Waals surface area contributed by atoms with Crippen LogP contribution in [0.15, 0.2) is 36.4 Å². The van der Waals surface area contributed by atoms with Gasteiger partial charge in [0.15, 0.2) is 18.1 Å². The van der Waals surface area contributed by atoms with Crippen molar-refractivity contribution in [3.63, 3.8) is 0 Å². The number of morpholine rings is 1. The van der Waals surface area contributed by atoms with Crippen molar-refractivity contribution in [2.24, 2.45) is 0 Å². The molecule has 0 saturated carbocycles. The number of thiocarbonyl (C=S) groups is 1. The summed E-state index contributed by atoms with van der Waals surface area (Å²) in [6.07, 6.45) is 0. The minimum absolute atomic E-state index is 0.110. The second kappa shape index (κ2) is 10.4. The lowest BCUT2D eigenvalue weighted by atomic mass is 10.1. The van der Waals surface area contributed by atoms with E-state index in [-0.39, 0.29) is 12.5 Å². The molecule has 1 amide bonds. The van der Waals surface area contributed by atoms with Gasteiger partial charge in [0, 0.05) is 24.3 Å². The number of nitrogens with one attached hydrogen (secondary N) is 1. The molecule has 3 rings (SSSR count). The molecule has 7 heteroatoms. The van der Waals surface area contributed by atoms with Crippen LogP contribution in [0.2, 0.25) is 0 Å². The first-order valence-electron chi connectivity index (χ1n) is 10.1. The first kappa shape index (κ1) is 22.1. The normalized spacial score (nSPS) is 13.6. The molecule has 1 fully saturated rings. The summed E-state index contributed by atoms with van der Waals surface area (Å²) in [7, 11) is 0. The molecule has 2 aromatic rings. The molecule has 1 aliphatic rings. The third-order valence-electron chi connectivity index (χ3n) is 5.03. The summed E-state index contributed by atoms with van der Waals surface area (Å²) in [6.45, 7) is 9.18. The SMILES string of the molecule is CCOc1cc(C(=S)N2CCOCC2)ccc1OCC(=O)Nc1cccc(C)c1C. The van der Waals surface area contributed by atoms with Crippen molar-refractivity contribution in [2.45, 2.75) is 20.8 Å². The summed E-state index contributed by atoms with van der Waals surface area (Å²) in [6, 6.07) is 11.4. The van der Waals surface area contributed by atoms with Crippen LogP contribution in [0.1, 0.15) is 23.6 Å². The fraction of sp³-hybridized carbons (Fsp3) is 0.391. The van der Waals surface area contributed by atoms with E-state index in [2.05, 4.69) is 10.2 Å². The number of amides is 1. The molecule has 0 atom stereocenters. The average Bonchev–Trinajstić information content (AvgIpc) is 2.76. The van der Waals surface area contributed by atoms with E-state index in [0.717, 1.165) is 40.5 Å². The Morgan fingerprint density at radius 3 is 2.63 bits per heavy atom. The Hall–Kier alpha value is -2.64. The van der Waals surface area contributed by atoms with Crippen LogP contribution in [0.25, 0.3) is 0 Å². The fourth-order valence-corrected chi connectivity index (χ4v) is 3.50. The largest absolute Gasteiger partial charge is 0.490 e. The molecular weight excluding hydrogens is 400 g/mol. The molecule has 30 heavy (non-hydrogen) atoms.